The van der Waals surface area contributed by atoms with Gasteiger partial charge in [-0.05, 0) is 70.6 Å². The molecule has 0 spiro atoms. The number of rotatable bonds is 42. The van der Waals surface area contributed by atoms with E-state index in [1.54, 1.807) is 0 Å². The molecule has 0 radical (unpaired) electrons. The van der Waals surface area contributed by atoms with Crippen molar-refractivity contribution in [1.29, 1.82) is 0 Å². The van der Waals surface area contributed by atoms with Crippen molar-refractivity contribution in [3.63, 3.8) is 0 Å². The van der Waals surface area contributed by atoms with Gasteiger partial charge in [-0.2, -0.15) is 0 Å². The highest BCUT2D eigenvalue weighted by Crippen LogP contribution is 2.14. The van der Waals surface area contributed by atoms with Gasteiger partial charge >= 0.3 is 17.9 Å². The highest BCUT2D eigenvalue weighted by molar-refractivity contribution is 5.71. The van der Waals surface area contributed by atoms with Crippen LogP contribution in [0.3, 0.4) is 0 Å². The Morgan fingerprint density at radius 3 is 1.14 bits per heavy atom. The fourth-order valence-corrected chi connectivity index (χ4v) is 6.45. The second kappa shape index (κ2) is 45.8. The molecule has 328 valence electrons. The summed E-state index contributed by atoms with van der Waals surface area (Å²) in [5.41, 5.74) is 0. The summed E-state index contributed by atoms with van der Waals surface area (Å²) >= 11 is 0. The van der Waals surface area contributed by atoms with Crippen molar-refractivity contribution in [3.05, 3.63) is 60.8 Å². The summed E-state index contributed by atoms with van der Waals surface area (Å²) in [6, 6.07) is 0. The van der Waals surface area contributed by atoms with Gasteiger partial charge in [0.1, 0.15) is 13.2 Å². The molecule has 0 aliphatic heterocycles. The monoisotopic (exact) mass is 797 g/mol. The Kier molecular flexibility index (Phi) is 43.5. The van der Waals surface area contributed by atoms with Crippen molar-refractivity contribution in [2.24, 2.45) is 0 Å². The largest absolute Gasteiger partial charge is 0.462 e. The Balaban J connectivity index is 4.48. The van der Waals surface area contributed by atoms with Gasteiger partial charge in [0.2, 0.25) is 0 Å². The van der Waals surface area contributed by atoms with E-state index in [-0.39, 0.29) is 37.5 Å². The third-order valence-electron chi connectivity index (χ3n) is 10.0. The van der Waals surface area contributed by atoms with Gasteiger partial charge in [-0.15, -0.1) is 0 Å². The molecule has 1 atom stereocenters. The van der Waals surface area contributed by atoms with E-state index in [9.17, 15) is 14.4 Å². The third-order valence-corrected chi connectivity index (χ3v) is 10.0. The Morgan fingerprint density at radius 2 is 0.719 bits per heavy atom. The summed E-state index contributed by atoms with van der Waals surface area (Å²) in [5.74, 6) is -0.995. The Labute approximate surface area is 351 Å². The standard InChI is InChI=1S/C51H88O6/c1-4-7-10-13-16-19-22-25-27-29-32-35-38-41-44-50(53)56-47-48(46-55-49(52)43-40-37-34-31-28-24-21-18-15-12-9-6-3)57-51(54)45-42-39-36-33-30-26-23-20-17-14-11-8-5-2/h7,10,16,19,25-27,30,36,39,48H,4-6,8-9,11-15,17-18,20-24,28-29,31-35,37-38,40-47H2,1-3H3/b10-7-,19-16-,27-25-,30-26-,39-36-. The van der Waals surface area contributed by atoms with Gasteiger partial charge in [-0.25, -0.2) is 0 Å². The molecule has 0 aromatic rings. The van der Waals surface area contributed by atoms with E-state index in [1.165, 1.54) is 96.3 Å². The lowest BCUT2D eigenvalue weighted by Crippen LogP contribution is -2.30. The number of carbonyl (C=O) groups excluding carboxylic acids is 3. The van der Waals surface area contributed by atoms with Gasteiger partial charge in [0.15, 0.2) is 6.10 Å². The number of esters is 3. The van der Waals surface area contributed by atoms with Crippen molar-refractivity contribution in [1.82, 2.24) is 0 Å². The molecule has 0 aromatic carbocycles. The average Bonchev–Trinajstić information content (AvgIpc) is 3.21. The molecule has 1 unspecified atom stereocenters. The maximum absolute atomic E-state index is 12.7. The smallest absolute Gasteiger partial charge is 0.306 e. The van der Waals surface area contributed by atoms with E-state index in [2.05, 4.69) is 75.5 Å². The van der Waals surface area contributed by atoms with Gasteiger partial charge in [0, 0.05) is 19.3 Å². The van der Waals surface area contributed by atoms with Crippen LogP contribution in [0.5, 0.6) is 0 Å². The predicted octanol–water partition coefficient (Wildman–Crippen LogP) is 15.3. The summed E-state index contributed by atoms with van der Waals surface area (Å²) in [5, 5.41) is 0. The maximum Gasteiger partial charge on any atom is 0.306 e. The molecule has 0 aromatic heterocycles. The zero-order valence-corrected chi connectivity index (χ0v) is 37.3. The summed E-state index contributed by atoms with van der Waals surface area (Å²) in [4.78, 5) is 37.8. The molecule has 0 bridgehead atoms. The molecule has 0 N–H and O–H groups in total. The Bertz CT molecular complexity index is 1050. The maximum atomic E-state index is 12.7. The fourth-order valence-electron chi connectivity index (χ4n) is 6.45. The van der Waals surface area contributed by atoms with Crippen LogP contribution >= 0.6 is 0 Å². The summed E-state index contributed by atoms with van der Waals surface area (Å²) in [7, 11) is 0. The van der Waals surface area contributed by atoms with E-state index in [0.717, 1.165) is 83.5 Å². The summed E-state index contributed by atoms with van der Waals surface area (Å²) in [6.07, 6.45) is 55.0. The fraction of sp³-hybridized carbons (Fsp3) is 0.745. The quantitative estimate of drug-likeness (QED) is 0.0265. The highest BCUT2D eigenvalue weighted by atomic mass is 16.6. The minimum Gasteiger partial charge on any atom is -0.462 e. The SMILES string of the molecule is CC/C=C\C/C=C\C/C=C\CCCCCCC(=O)OCC(COC(=O)CCCCCCCCCCCCCC)OC(=O)CC/C=C\C/C=C\CCCCCCCC. The first kappa shape index (κ1) is 54.1. The van der Waals surface area contributed by atoms with Crippen molar-refractivity contribution in [2.75, 3.05) is 13.2 Å². The van der Waals surface area contributed by atoms with Gasteiger partial charge in [-0.3, -0.25) is 14.4 Å². The molecule has 0 heterocycles. The van der Waals surface area contributed by atoms with Crippen molar-refractivity contribution < 1.29 is 28.6 Å². The first-order chi connectivity index (χ1) is 28.0. The van der Waals surface area contributed by atoms with Gasteiger partial charge in [-0.1, -0.05) is 197 Å². The van der Waals surface area contributed by atoms with E-state index in [0.29, 0.717) is 19.3 Å². The minimum absolute atomic E-state index is 0.103. The second-order valence-corrected chi connectivity index (χ2v) is 15.6. The highest BCUT2D eigenvalue weighted by Gasteiger charge is 2.19. The molecule has 57 heavy (non-hydrogen) atoms. The second-order valence-electron chi connectivity index (χ2n) is 15.6. The lowest BCUT2D eigenvalue weighted by molar-refractivity contribution is -0.166. The number of allylic oxidation sites excluding steroid dienone is 10. The van der Waals surface area contributed by atoms with Crippen LogP contribution < -0.4 is 0 Å². The molecule has 0 saturated carbocycles. The van der Waals surface area contributed by atoms with Crippen LogP contribution in [0, 0.1) is 0 Å². The summed E-state index contributed by atoms with van der Waals surface area (Å²) < 4.78 is 16.7. The van der Waals surface area contributed by atoms with E-state index in [1.807, 2.05) is 6.08 Å². The Hall–Kier alpha value is -2.89. The Morgan fingerprint density at radius 1 is 0.368 bits per heavy atom. The molecule has 6 nitrogen and oxygen atoms in total. The number of unbranched alkanes of at least 4 members (excludes halogenated alkanes) is 21. The number of hydrogen-bond acceptors (Lipinski definition) is 6. The van der Waals surface area contributed by atoms with Crippen LogP contribution in [-0.4, -0.2) is 37.2 Å². The normalized spacial score (nSPS) is 12.5. The zero-order chi connectivity index (χ0) is 41.5. The van der Waals surface area contributed by atoms with Crippen LogP contribution in [0.25, 0.3) is 0 Å². The van der Waals surface area contributed by atoms with Crippen molar-refractivity contribution in [3.8, 4) is 0 Å². The van der Waals surface area contributed by atoms with Crippen LogP contribution in [0.1, 0.15) is 226 Å². The first-order valence-electron chi connectivity index (χ1n) is 23.8. The molecule has 0 saturated heterocycles. The molecular formula is C51H88O6. The lowest BCUT2D eigenvalue weighted by Gasteiger charge is -2.18. The van der Waals surface area contributed by atoms with Gasteiger partial charge in [0.25, 0.3) is 0 Å². The number of hydrogen-bond donors (Lipinski definition) is 0. The van der Waals surface area contributed by atoms with E-state index >= 15 is 0 Å². The van der Waals surface area contributed by atoms with Crippen LogP contribution in [0.4, 0.5) is 0 Å². The first-order valence-corrected chi connectivity index (χ1v) is 23.8. The number of carbonyl (C=O) groups is 3. The molecule has 0 amide bonds. The van der Waals surface area contributed by atoms with Crippen molar-refractivity contribution in [2.45, 2.75) is 232 Å². The van der Waals surface area contributed by atoms with Crippen molar-refractivity contribution >= 4 is 17.9 Å². The lowest BCUT2D eigenvalue weighted by atomic mass is 10.0. The average molecular weight is 797 g/mol. The number of ether oxygens (including phenoxy) is 3. The van der Waals surface area contributed by atoms with Gasteiger partial charge < -0.3 is 14.2 Å². The van der Waals surface area contributed by atoms with E-state index < -0.39 is 6.10 Å². The molecule has 6 heteroatoms. The van der Waals surface area contributed by atoms with Crippen LogP contribution in [-0.2, 0) is 28.6 Å². The van der Waals surface area contributed by atoms with Gasteiger partial charge in [0.05, 0.1) is 0 Å². The summed E-state index contributed by atoms with van der Waals surface area (Å²) in [6.45, 7) is 6.43. The van der Waals surface area contributed by atoms with E-state index in [4.69, 9.17) is 14.2 Å². The minimum atomic E-state index is -0.810. The van der Waals surface area contributed by atoms with Crippen LogP contribution in [0.2, 0.25) is 0 Å². The zero-order valence-electron chi connectivity index (χ0n) is 37.3. The predicted molar refractivity (Wildman–Crippen MR) is 242 cm³/mol. The molecular weight excluding hydrogens is 709 g/mol. The molecule has 0 aliphatic carbocycles. The topological polar surface area (TPSA) is 78.9 Å². The molecule has 0 aliphatic rings. The molecule has 0 rings (SSSR count). The molecule has 0 fully saturated rings. The third kappa shape index (κ3) is 44.1. The van der Waals surface area contributed by atoms with Crippen LogP contribution in [0.15, 0.2) is 60.8 Å².